The van der Waals surface area contributed by atoms with Gasteiger partial charge in [0.15, 0.2) is 17.3 Å². The van der Waals surface area contributed by atoms with Gasteiger partial charge in [0.1, 0.15) is 30.8 Å². The van der Waals surface area contributed by atoms with E-state index in [2.05, 4.69) is 31.9 Å². The van der Waals surface area contributed by atoms with Crippen LogP contribution in [0.1, 0.15) is 162 Å². The van der Waals surface area contributed by atoms with Crippen molar-refractivity contribution in [3.05, 3.63) is 59.4 Å². The minimum atomic E-state index is -1.17. The summed E-state index contributed by atoms with van der Waals surface area (Å²) in [6, 6.07) is 3.69. The van der Waals surface area contributed by atoms with Gasteiger partial charge in [-0.3, -0.25) is 62.5 Å². The number of imide groups is 1. The normalized spacial score (nSPS) is 18.6. The number of unbranched alkanes of at least 4 members (excludes halogenated alkanes) is 2. The molecule has 1 aliphatic carbocycles. The van der Waals surface area contributed by atoms with Crippen LogP contribution in [0.5, 0.6) is 5.75 Å². The average molecular weight is 1520 g/mol. The van der Waals surface area contributed by atoms with Gasteiger partial charge in [0.25, 0.3) is 0 Å². The number of aliphatic carboxylic acids is 1. The monoisotopic (exact) mass is 1520 g/mol. The van der Waals surface area contributed by atoms with Crippen LogP contribution < -0.4 is 42.4 Å². The van der Waals surface area contributed by atoms with Crippen LogP contribution in [0.2, 0.25) is 0 Å². The predicted octanol–water partition coefficient (Wildman–Crippen LogP) is 5.80. The highest BCUT2D eigenvalue weighted by molar-refractivity contribution is 8.00. The number of rotatable bonds is 45. The van der Waals surface area contributed by atoms with Crippen molar-refractivity contribution in [3.8, 4) is 5.75 Å². The molecule has 596 valence electrons. The summed E-state index contributed by atoms with van der Waals surface area (Å²) < 4.78 is 43.1. The molecule has 0 aromatic heterocycles. The number of nitrogens with two attached hydrogens (primary N) is 1. The average Bonchev–Trinajstić information content (AvgIpc) is 1.72. The maximum Gasteiger partial charge on any atom is 0.508 e. The summed E-state index contributed by atoms with van der Waals surface area (Å²) in [7, 11) is 9.25. The topological polar surface area (TPSA) is 399 Å². The van der Waals surface area contributed by atoms with Gasteiger partial charge in [0.2, 0.25) is 53.2 Å². The van der Waals surface area contributed by atoms with E-state index in [0.29, 0.717) is 37.0 Å². The Labute approximate surface area is 631 Å². The summed E-state index contributed by atoms with van der Waals surface area (Å²) in [5, 5.41) is 25.1. The van der Waals surface area contributed by atoms with Crippen LogP contribution in [0.15, 0.2) is 42.5 Å². The summed E-state index contributed by atoms with van der Waals surface area (Å²) >= 11 is 1.34. The zero-order valence-corrected chi connectivity index (χ0v) is 65.4. The largest absolute Gasteiger partial charge is 0.508 e. The lowest BCUT2D eigenvalue weighted by Gasteiger charge is -2.41. The van der Waals surface area contributed by atoms with E-state index >= 15 is 4.79 Å². The number of hydrogen-bond acceptors (Lipinski definition) is 20. The van der Waals surface area contributed by atoms with Gasteiger partial charge in [-0.05, 0) is 118 Å². The minimum Gasteiger partial charge on any atom is -0.494 e. The van der Waals surface area contributed by atoms with E-state index in [4.69, 9.17) is 29.4 Å². The van der Waals surface area contributed by atoms with Gasteiger partial charge < -0.3 is 76.2 Å². The number of ether oxygens (including phenoxy) is 5. The maximum atomic E-state index is 15.1. The lowest BCUT2D eigenvalue weighted by atomic mass is 9.89. The van der Waals surface area contributed by atoms with Gasteiger partial charge in [-0.2, -0.15) is 0 Å². The molecule has 12 atom stereocenters. The second-order valence-corrected chi connectivity index (χ2v) is 30.7. The van der Waals surface area contributed by atoms with Crippen molar-refractivity contribution in [2.75, 3.05) is 79.7 Å². The van der Waals surface area contributed by atoms with Gasteiger partial charge >= 0.3 is 18.2 Å². The number of halogens is 1. The van der Waals surface area contributed by atoms with Crippen molar-refractivity contribution in [1.82, 2.24) is 46.2 Å². The summed E-state index contributed by atoms with van der Waals surface area (Å²) in [6.07, 6.45) is -0.721. The molecule has 3 fully saturated rings. The zero-order valence-electron chi connectivity index (χ0n) is 64.6. The number of hydrogen-bond donors (Lipinski definition) is 8. The number of urea groups is 1. The maximum absolute atomic E-state index is 15.1. The number of methoxy groups -OCH3 is 3. The third-order valence-corrected chi connectivity index (χ3v) is 21.7. The molecule has 107 heavy (non-hydrogen) atoms. The van der Waals surface area contributed by atoms with Crippen molar-refractivity contribution in [3.63, 3.8) is 0 Å². The number of nitrogens with zero attached hydrogens (tertiary/aromatic N) is 4. The van der Waals surface area contributed by atoms with Gasteiger partial charge in [0, 0.05) is 70.6 Å². The molecule has 0 spiro atoms. The van der Waals surface area contributed by atoms with E-state index in [1.807, 2.05) is 41.5 Å². The van der Waals surface area contributed by atoms with E-state index in [1.165, 1.54) is 72.1 Å². The van der Waals surface area contributed by atoms with Crippen LogP contribution >= 0.6 is 11.8 Å². The Kier molecular flexibility index (Phi) is 35.2. The number of carboxylic acids is 1. The molecule has 2 heterocycles. The second kappa shape index (κ2) is 42.3. The summed E-state index contributed by atoms with van der Waals surface area (Å²) in [4.78, 5) is 180. The molecule has 2 aromatic carbocycles. The fourth-order valence-electron chi connectivity index (χ4n) is 13.7. The molecule has 0 radical (unpaired) electrons. The summed E-state index contributed by atoms with van der Waals surface area (Å²) in [5.41, 5.74) is 5.67. The Morgan fingerprint density at radius 1 is 0.785 bits per heavy atom. The molecule has 2 aliphatic heterocycles. The molecule has 2 saturated heterocycles. The third kappa shape index (κ3) is 26.4. The Hall–Kier alpha value is -8.49. The van der Waals surface area contributed by atoms with Crippen molar-refractivity contribution in [2.45, 2.75) is 212 Å². The molecule has 5 rings (SSSR count). The quantitative estimate of drug-likeness (QED) is 0.0168. The molecule has 11 amide bonds. The lowest BCUT2D eigenvalue weighted by molar-refractivity contribution is -0.148. The highest BCUT2D eigenvalue weighted by Crippen LogP contribution is 2.52. The molecular weight excluding hydrogens is 1410 g/mol. The highest BCUT2D eigenvalue weighted by Gasteiger charge is 2.49. The van der Waals surface area contributed by atoms with Gasteiger partial charge in [-0.1, -0.05) is 87.3 Å². The van der Waals surface area contributed by atoms with Gasteiger partial charge in [-0.15, -0.1) is 11.8 Å². The lowest BCUT2D eigenvalue weighted by Crippen LogP contribution is -2.59. The molecule has 32 heteroatoms. The number of amides is 11. The standard InChI is InChI=1S/C75H114FN11O19S/c1-16-45(8)65(85(12)72(99)63(43(4)5)83-70(97)64(44(6)7)84(10)11)56(103-14)35-59(90)87-39-50(34-53(87)66(104-15)46(9)67(94)79-38-54(88)48-25-28-55(102-13)51(76)33-48)106-74(101)105-40-47-23-26-49(27-24-47)80-68(95)52(21-20-31-78-73(77)100)81-69(96)62(42(2)3)82-58(89)22-18-17-19-32-86-60(91)36-57(71(86)98)107-41-75(29-30-75)37-61(92)93/h23-28,33,42-46,50,52-53,56-57,62-66H,16-22,29-32,34-41H2,1-15H3,(H,79,94)(H,80,95)(H,81,96)(H,82,89)(H,83,97)(H,92,93)(H3,77,78,100)/t45-,46+,50-,52-,53-,56+,57?,62-,63-,64-,65-,66+/m0/s1. The van der Waals surface area contributed by atoms with Crippen LogP contribution in [0, 0.1) is 40.8 Å². The molecule has 3 aliphatic rings. The van der Waals surface area contributed by atoms with E-state index in [0.717, 1.165) is 18.9 Å². The first-order valence-electron chi connectivity index (χ1n) is 36.8. The predicted molar refractivity (Wildman–Crippen MR) is 396 cm³/mol. The SMILES string of the molecule is CC[C@H](C)[C@@H]([C@@H](CC(=O)N1C[C@@H](OC(=O)OCc2ccc(NC(=O)[C@H](CCCNC(N)=O)NC(=O)[C@@H](NC(=O)CCCCCN3C(=O)CC(SCC4(CC(=O)O)CC4)C3=O)C(C)C)cc2)C[C@H]1[C@H](OC)[C@@H](C)C(=O)NCC(=O)c1ccc(OC)c(F)c1)OC)N(C)C(=O)[C@@H](NC(=O)[C@H](C(C)C)N(C)C)C(C)C. The van der Waals surface area contributed by atoms with E-state index in [1.54, 1.807) is 58.9 Å². The van der Waals surface area contributed by atoms with Crippen molar-refractivity contribution >= 4 is 94.6 Å². The number of nitrogens with one attached hydrogen (secondary N) is 6. The van der Waals surface area contributed by atoms with Crippen LogP contribution in [0.25, 0.3) is 0 Å². The highest BCUT2D eigenvalue weighted by atomic mass is 32.2. The van der Waals surface area contributed by atoms with Crippen LogP contribution in [-0.2, 0) is 73.5 Å². The van der Waals surface area contributed by atoms with Gasteiger partial charge in [0.05, 0.1) is 74.5 Å². The molecule has 2 aromatic rings. The zero-order chi connectivity index (χ0) is 79.7. The summed E-state index contributed by atoms with van der Waals surface area (Å²) in [6.45, 7) is 15.6. The molecular formula is C75H114FN11O19S. The first-order valence-corrected chi connectivity index (χ1v) is 37.8. The van der Waals surface area contributed by atoms with Crippen LogP contribution in [0.4, 0.5) is 19.7 Å². The number of carbonyl (C=O) groups excluding carboxylic acids is 12. The van der Waals surface area contributed by atoms with E-state index < -0.39 is 137 Å². The Balaban J connectivity index is 1.24. The first kappa shape index (κ1) is 89.1. The fourth-order valence-corrected chi connectivity index (χ4v) is 15.2. The number of Topliss-reactive ketones (excluding diaryl/α,β-unsaturated/α-hetero) is 1. The Bertz CT molecular complexity index is 3410. The number of primary amides is 1. The van der Waals surface area contributed by atoms with Crippen LogP contribution in [-0.4, -0.2) is 236 Å². The third-order valence-electron chi connectivity index (χ3n) is 20.1. The van der Waals surface area contributed by atoms with Crippen LogP contribution in [0.3, 0.4) is 0 Å². The minimum absolute atomic E-state index is 0.0190. The number of likely N-dealkylation sites (N-methyl/N-ethyl adjacent to an activating group) is 2. The van der Waals surface area contributed by atoms with E-state index in [9.17, 15) is 67.0 Å². The molecule has 1 saturated carbocycles. The van der Waals surface area contributed by atoms with Crippen molar-refractivity contribution in [2.24, 2.45) is 40.7 Å². The fraction of sp³-hybridized carbons (Fsp3) is 0.667. The first-order chi connectivity index (χ1) is 50.5. The molecule has 9 N–H and O–H groups in total. The number of carbonyl (C=O) groups is 13. The number of likely N-dealkylation sites (tertiary alicyclic amines) is 2. The number of carboxylic acid groups (broad SMARTS) is 1. The van der Waals surface area contributed by atoms with Gasteiger partial charge in [-0.25, -0.2) is 14.0 Å². The van der Waals surface area contributed by atoms with Crippen molar-refractivity contribution < 1.29 is 95.5 Å². The molecule has 1 unspecified atom stereocenters. The van der Waals surface area contributed by atoms with E-state index in [-0.39, 0.29) is 135 Å². The number of ketones is 1. The molecule has 0 bridgehead atoms. The molecule has 30 nitrogen and oxygen atoms in total. The number of thioether (sulfide) groups is 1. The number of benzene rings is 2. The smallest absolute Gasteiger partial charge is 0.494 e. The van der Waals surface area contributed by atoms with Crippen molar-refractivity contribution in [1.29, 1.82) is 0 Å². The second-order valence-electron chi connectivity index (χ2n) is 29.5. The Morgan fingerprint density at radius 3 is 2.03 bits per heavy atom. The Morgan fingerprint density at radius 2 is 1.46 bits per heavy atom. The number of anilines is 1. The summed E-state index contributed by atoms with van der Waals surface area (Å²) in [5.74, 6) is -8.13.